The summed E-state index contributed by atoms with van der Waals surface area (Å²) in [5.41, 5.74) is 1.52. The van der Waals surface area contributed by atoms with Gasteiger partial charge >= 0.3 is 0 Å². The highest BCUT2D eigenvalue weighted by Gasteiger charge is 2.09. The zero-order chi connectivity index (χ0) is 16.1. The Bertz CT molecular complexity index is 757. The van der Waals surface area contributed by atoms with E-state index in [1.165, 1.54) is 0 Å². The number of nitrogens with zero attached hydrogens (tertiary/aromatic N) is 4. The van der Waals surface area contributed by atoms with Gasteiger partial charge in [-0.1, -0.05) is 34.6 Å². The van der Waals surface area contributed by atoms with Crippen LogP contribution in [-0.2, 0) is 13.0 Å². The summed E-state index contributed by atoms with van der Waals surface area (Å²) in [5.74, 6) is 1.98. The molecule has 1 aromatic carbocycles. The maximum atomic E-state index is 5.94. The number of hydrogen-bond acceptors (Lipinski definition) is 7. The van der Waals surface area contributed by atoms with E-state index in [1.54, 1.807) is 0 Å². The van der Waals surface area contributed by atoms with Crippen molar-refractivity contribution in [1.82, 2.24) is 19.7 Å². The van der Waals surface area contributed by atoms with Gasteiger partial charge in [-0.15, -0.1) is 5.10 Å². The van der Waals surface area contributed by atoms with E-state index in [9.17, 15) is 0 Å². The second-order valence-corrected chi connectivity index (χ2v) is 6.28. The predicted octanol–water partition coefficient (Wildman–Crippen LogP) is 4.16. The van der Waals surface area contributed by atoms with E-state index < -0.39 is 0 Å². The maximum absolute atomic E-state index is 5.94. The van der Waals surface area contributed by atoms with Gasteiger partial charge in [0, 0.05) is 23.5 Å². The molecule has 2 aromatic heterocycles. The van der Waals surface area contributed by atoms with Crippen LogP contribution in [0.5, 0.6) is 5.75 Å². The third kappa shape index (κ3) is 4.05. The Hall–Kier alpha value is -1.99. The molecule has 0 N–H and O–H groups in total. The van der Waals surface area contributed by atoms with Crippen molar-refractivity contribution in [3.63, 3.8) is 0 Å². The van der Waals surface area contributed by atoms with Crippen molar-refractivity contribution in [3.05, 3.63) is 40.2 Å². The molecule has 0 atom stereocenters. The summed E-state index contributed by atoms with van der Waals surface area (Å²) in [4.78, 5) is 4.39. The summed E-state index contributed by atoms with van der Waals surface area (Å²) in [5, 5.41) is 7.91. The first-order chi connectivity index (χ1) is 11.3. The molecule has 8 heteroatoms. The fourth-order valence-electron chi connectivity index (χ4n) is 1.94. The van der Waals surface area contributed by atoms with E-state index in [0.29, 0.717) is 27.5 Å². The molecule has 0 unspecified atom stereocenters. The number of hydrogen-bond donors (Lipinski definition) is 0. The van der Waals surface area contributed by atoms with Crippen LogP contribution < -0.4 is 4.74 Å². The zero-order valence-electron chi connectivity index (χ0n) is 12.5. The van der Waals surface area contributed by atoms with Crippen molar-refractivity contribution in [1.29, 1.82) is 0 Å². The minimum absolute atomic E-state index is 0.290. The molecule has 0 saturated carbocycles. The molecule has 0 aliphatic carbocycles. The van der Waals surface area contributed by atoms with Crippen LogP contribution >= 0.6 is 23.1 Å². The molecule has 0 spiro atoms. The first-order valence-corrected chi connectivity index (χ1v) is 8.44. The molecule has 2 heterocycles. The van der Waals surface area contributed by atoms with Gasteiger partial charge in [0.05, 0.1) is 0 Å². The minimum atomic E-state index is 0.290. The third-order valence-corrected chi connectivity index (χ3v) is 4.19. The Labute approximate surface area is 142 Å². The molecule has 3 rings (SSSR count). The van der Waals surface area contributed by atoms with Gasteiger partial charge in [-0.3, -0.25) is 0 Å². The lowest BCUT2D eigenvalue weighted by atomic mass is 10.2. The van der Waals surface area contributed by atoms with Crippen molar-refractivity contribution >= 4 is 23.1 Å². The Morgan fingerprint density at radius 2 is 2.09 bits per heavy atom. The Morgan fingerprint density at radius 1 is 1.26 bits per heavy atom. The van der Waals surface area contributed by atoms with Crippen LogP contribution in [0.2, 0.25) is 4.34 Å². The molecule has 0 fully saturated rings. The molecule has 23 heavy (non-hydrogen) atoms. The molecule has 0 aliphatic rings. The molecular formula is C15H15ClN4O2S. The minimum Gasteiger partial charge on any atom is -0.487 e. The highest BCUT2D eigenvalue weighted by molar-refractivity contribution is 7.10. The second-order valence-electron chi connectivity index (χ2n) is 4.92. The summed E-state index contributed by atoms with van der Waals surface area (Å²) >= 11 is 7.08. The van der Waals surface area contributed by atoms with E-state index >= 15 is 0 Å². The maximum Gasteiger partial charge on any atom is 0.226 e. The number of aryl methyl sites for hydroxylation is 1. The van der Waals surface area contributed by atoms with Crippen molar-refractivity contribution in [2.45, 2.75) is 32.8 Å². The molecule has 3 aromatic rings. The van der Waals surface area contributed by atoms with E-state index in [1.807, 2.05) is 24.3 Å². The van der Waals surface area contributed by atoms with Crippen LogP contribution in [0.15, 0.2) is 28.8 Å². The largest absolute Gasteiger partial charge is 0.487 e. The van der Waals surface area contributed by atoms with Crippen LogP contribution in [-0.4, -0.2) is 19.7 Å². The quantitative estimate of drug-likeness (QED) is 0.636. The van der Waals surface area contributed by atoms with E-state index in [-0.39, 0.29) is 6.61 Å². The summed E-state index contributed by atoms with van der Waals surface area (Å²) in [6, 6.07) is 7.49. The van der Waals surface area contributed by atoms with Gasteiger partial charge in [0.2, 0.25) is 11.7 Å². The highest BCUT2D eigenvalue weighted by atomic mass is 35.5. The first-order valence-electron chi connectivity index (χ1n) is 7.29. The second kappa shape index (κ2) is 7.52. The van der Waals surface area contributed by atoms with E-state index in [0.717, 1.165) is 36.4 Å². The molecule has 0 saturated heterocycles. The van der Waals surface area contributed by atoms with Gasteiger partial charge in [-0.25, -0.2) is 0 Å². The smallest absolute Gasteiger partial charge is 0.226 e. The molecule has 120 valence electrons. The number of ether oxygens (including phenoxy) is 1. The normalized spacial score (nSPS) is 10.9. The fraction of sp³-hybridized carbons (Fsp3) is 0.333. The number of aromatic nitrogens is 4. The zero-order valence-corrected chi connectivity index (χ0v) is 14.1. The van der Waals surface area contributed by atoms with Gasteiger partial charge < -0.3 is 9.26 Å². The lowest BCUT2D eigenvalue weighted by Gasteiger charge is -2.04. The highest BCUT2D eigenvalue weighted by Crippen LogP contribution is 2.23. The topological polar surface area (TPSA) is 73.9 Å². The van der Waals surface area contributed by atoms with Crippen LogP contribution in [0, 0.1) is 0 Å². The van der Waals surface area contributed by atoms with Crippen LogP contribution in [0.3, 0.4) is 0 Å². The van der Waals surface area contributed by atoms with Gasteiger partial charge in [-0.2, -0.15) is 4.98 Å². The molecular weight excluding hydrogens is 336 g/mol. The number of rotatable bonds is 7. The molecule has 0 radical (unpaired) electrons. The van der Waals surface area contributed by atoms with Gasteiger partial charge in [0.15, 0.2) is 0 Å². The summed E-state index contributed by atoms with van der Waals surface area (Å²) in [7, 11) is 0. The van der Waals surface area contributed by atoms with Crippen molar-refractivity contribution in [2.75, 3.05) is 0 Å². The predicted molar refractivity (Wildman–Crippen MR) is 87.6 cm³/mol. The Morgan fingerprint density at radius 3 is 2.78 bits per heavy atom. The lowest BCUT2D eigenvalue weighted by Crippen LogP contribution is -1.96. The van der Waals surface area contributed by atoms with Crippen LogP contribution in [0.25, 0.3) is 11.4 Å². The number of halogens is 1. The monoisotopic (exact) mass is 350 g/mol. The van der Waals surface area contributed by atoms with Crippen molar-refractivity contribution in [2.24, 2.45) is 0 Å². The average molecular weight is 351 g/mol. The third-order valence-electron chi connectivity index (χ3n) is 3.21. The van der Waals surface area contributed by atoms with Crippen molar-refractivity contribution < 1.29 is 9.26 Å². The average Bonchev–Trinajstić information content (AvgIpc) is 3.20. The molecule has 0 aliphatic heterocycles. The summed E-state index contributed by atoms with van der Waals surface area (Å²) < 4.78 is 15.2. The van der Waals surface area contributed by atoms with Crippen molar-refractivity contribution in [3.8, 4) is 17.1 Å². The number of unbranched alkanes of at least 4 members (excludes halogenated alkanes) is 1. The fourth-order valence-corrected chi connectivity index (χ4v) is 2.54. The van der Waals surface area contributed by atoms with Crippen LogP contribution in [0.1, 0.15) is 31.4 Å². The standard InChI is InChI=1S/C15H15ClN4O2S/c1-2-3-4-13-17-15(19-22-13)10-5-7-11(8-6-10)21-9-12-14(16)23-20-18-12/h5-8H,2-4,9H2,1H3. The Balaban J connectivity index is 1.62. The number of benzene rings is 1. The van der Waals surface area contributed by atoms with Crippen LogP contribution in [0.4, 0.5) is 0 Å². The SMILES string of the molecule is CCCCc1nc(-c2ccc(OCc3nnsc3Cl)cc2)no1. The molecule has 0 amide bonds. The summed E-state index contributed by atoms with van der Waals surface area (Å²) in [6.07, 6.45) is 2.96. The van der Waals surface area contributed by atoms with E-state index in [4.69, 9.17) is 20.9 Å². The van der Waals surface area contributed by atoms with Gasteiger partial charge in [0.1, 0.15) is 22.4 Å². The molecule has 0 bridgehead atoms. The summed E-state index contributed by atoms with van der Waals surface area (Å²) in [6.45, 7) is 2.42. The Kier molecular flexibility index (Phi) is 5.19. The lowest BCUT2D eigenvalue weighted by molar-refractivity contribution is 0.301. The van der Waals surface area contributed by atoms with E-state index in [2.05, 4.69) is 26.7 Å². The van der Waals surface area contributed by atoms with Gasteiger partial charge in [0.25, 0.3) is 0 Å². The first kappa shape index (κ1) is 15.9. The molecule has 6 nitrogen and oxygen atoms in total. The van der Waals surface area contributed by atoms with Gasteiger partial charge in [-0.05, 0) is 30.7 Å².